The maximum Gasteiger partial charge on any atom is 0.295 e. The summed E-state index contributed by atoms with van der Waals surface area (Å²) in [5.74, 6) is 1.09. The zero-order chi connectivity index (χ0) is 30.2. The van der Waals surface area contributed by atoms with Gasteiger partial charge in [0.2, 0.25) is 0 Å². The van der Waals surface area contributed by atoms with Crippen LogP contribution in [0.2, 0.25) is 0 Å². The van der Waals surface area contributed by atoms with Gasteiger partial charge in [0.05, 0.1) is 24.8 Å². The minimum Gasteiger partial charge on any atom is -0.507 e. The van der Waals surface area contributed by atoms with Gasteiger partial charge in [0.15, 0.2) is 23.0 Å². The van der Waals surface area contributed by atoms with Crippen molar-refractivity contribution in [3.05, 3.63) is 53.1 Å². The van der Waals surface area contributed by atoms with Gasteiger partial charge in [-0.05, 0) is 81.2 Å². The van der Waals surface area contributed by atoms with E-state index in [9.17, 15) is 14.7 Å². The first kappa shape index (κ1) is 31.2. The molecule has 2 heterocycles. The first-order chi connectivity index (χ1) is 20.3. The molecule has 1 amide bonds. The van der Waals surface area contributed by atoms with E-state index >= 15 is 0 Å². The van der Waals surface area contributed by atoms with Gasteiger partial charge in [0.1, 0.15) is 19.0 Å². The van der Waals surface area contributed by atoms with E-state index in [0.717, 1.165) is 26.1 Å². The first-order valence-corrected chi connectivity index (χ1v) is 15.1. The van der Waals surface area contributed by atoms with Gasteiger partial charge >= 0.3 is 0 Å². The Kier molecular flexibility index (Phi) is 10.7. The predicted octanol–water partition coefficient (Wildman–Crippen LogP) is 5.44. The number of carbonyl (C=O) groups is 2. The molecule has 0 spiro atoms. The Hall–Kier alpha value is -3.72. The number of aliphatic hydroxyl groups is 1. The highest BCUT2D eigenvalue weighted by Crippen LogP contribution is 2.43. The second kappa shape index (κ2) is 14.4. The van der Waals surface area contributed by atoms with Crippen LogP contribution in [0.25, 0.3) is 5.76 Å². The molecular weight excluding hydrogens is 536 g/mol. The van der Waals surface area contributed by atoms with Crippen LogP contribution >= 0.6 is 0 Å². The molecule has 1 saturated heterocycles. The molecule has 4 rings (SSSR count). The fourth-order valence-corrected chi connectivity index (χ4v) is 5.29. The maximum atomic E-state index is 13.6. The molecule has 0 bridgehead atoms. The average Bonchev–Trinajstić information content (AvgIpc) is 3.24. The Morgan fingerprint density at radius 3 is 2.43 bits per heavy atom. The molecule has 0 radical (unpaired) electrons. The highest BCUT2D eigenvalue weighted by molar-refractivity contribution is 6.46. The second-order valence-corrected chi connectivity index (χ2v) is 10.9. The van der Waals surface area contributed by atoms with Crippen LogP contribution in [-0.4, -0.2) is 79.2 Å². The molecule has 2 aromatic carbocycles. The number of amides is 1. The van der Waals surface area contributed by atoms with Crippen molar-refractivity contribution in [3.8, 4) is 23.0 Å². The number of carbonyl (C=O) groups excluding carboxylic acids is 2. The van der Waals surface area contributed by atoms with E-state index in [4.69, 9.17) is 18.9 Å². The van der Waals surface area contributed by atoms with Crippen LogP contribution in [0.3, 0.4) is 0 Å². The van der Waals surface area contributed by atoms with E-state index in [0.29, 0.717) is 79.4 Å². The summed E-state index contributed by atoms with van der Waals surface area (Å²) < 4.78 is 23.3. The second-order valence-electron chi connectivity index (χ2n) is 10.9. The fraction of sp³-hybridized carbons (Fsp3) is 0.515. The largest absolute Gasteiger partial charge is 0.507 e. The topological polar surface area (TPSA) is 97.8 Å². The third-order valence-electron chi connectivity index (χ3n) is 7.66. The molecule has 0 aliphatic carbocycles. The van der Waals surface area contributed by atoms with Crippen LogP contribution in [0.1, 0.15) is 64.6 Å². The van der Waals surface area contributed by atoms with Crippen molar-refractivity contribution >= 4 is 17.4 Å². The Balaban J connectivity index is 1.75. The fourth-order valence-electron chi connectivity index (χ4n) is 5.29. The van der Waals surface area contributed by atoms with Gasteiger partial charge in [-0.15, -0.1) is 0 Å². The summed E-state index contributed by atoms with van der Waals surface area (Å²) in [4.78, 5) is 30.9. The monoisotopic (exact) mass is 580 g/mol. The van der Waals surface area contributed by atoms with Crippen LogP contribution in [0.5, 0.6) is 23.0 Å². The number of ketones is 1. The lowest BCUT2D eigenvalue weighted by Gasteiger charge is -2.27. The van der Waals surface area contributed by atoms with Gasteiger partial charge in [0.25, 0.3) is 11.7 Å². The number of hydrogen-bond donors (Lipinski definition) is 1. The molecule has 1 unspecified atom stereocenters. The van der Waals surface area contributed by atoms with Crippen LogP contribution < -0.4 is 18.9 Å². The minimum atomic E-state index is -0.793. The quantitative estimate of drug-likeness (QED) is 0.179. The van der Waals surface area contributed by atoms with Gasteiger partial charge in [-0.25, -0.2) is 0 Å². The summed E-state index contributed by atoms with van der Waals surface area (Å²) in [5, 5.41) is 11.6. The number of fused-ring (bicyclic) bond motifs is 1. The lowest BCUT2D eigenvalue weighted by molar-refractivity contribution is -0.140. The molecular formula is C33H44N2O7. The smallest absolute Gasteiger partial charge is 0.295 e. The summed E-state index contributed by atoms with van der Waals surface area (Å²) >= 11 is 0. The molecule has 9 nitrogen and oxygen atoms in total. The summed E-state index contributed by atoms with van der Waals surface area (Å²) in [5.41, 5.74) is 1.08. The summed E-state index contributed by atoms with van der Waals surface area (Å²) in [6.07, 6.45) is 1.58. The number of rotatable bonds is 14. The predicted molar refractivity (Wildman–Crippen MR) is 161 cm³/mol. The van der Waals surface area contributed by atoms with E-state index < -0.39 is 17.7 Å². The molecule has 1 N–H and O–H groups in total. The van der Waals surface area contributed by atoms with E-state index in [1.807, 2.05) is 25.1 Å². The Labute approximate surface area is 249 Å². The normalized spacial score (nSPS) is 17.8. The first-order valence-electron chi connectivity index (χ1n) is 15.1. The number of benzene rings is 2. The van der Waals surface area contributed by atoms with Crippen LogP contribution in [0.15, 0.2) is 42.0 Å². The highest BCUT2D eigenvalue weighted by atomic mass is 16.6. The average molecular weight is 581 g/mol. The van der Waals surface area contributed by atoms with Crippen LogP contribution in [0, 0.1) is 5.92 Å². The van der Waals surface area contributed by atoms with E-state index in [2.05, 4.69) is 32.6 Å². The third kappa shape index (κ3) is 7.01. The van der Waals surface area contributed by atoms with E-state index in [-0.39, 0.29) is 11.3 Å². The van der Waals surface area contributed by atoms with Crippen molar-refractivity contribution in [1.82, 2.24) is 9.80 Å². The van der Waals surface area contributed by atoms with Crippen LogP contribution in [0.4, 0.5) is 0 Å². The van der Waals surface area contributed by atoms with Gasteiger partial charge < -0.3 is 33.9 Å². The van der Waals surface area contributed by atoms with Gasteiger partial charge in [-0.2, -0.15) is 0 Å². The number of Topliss-reactive ketones (excluding diaryl/α,β-unsaturated/α-hetero) is 1. The molecule has 0 aromatic heterocycles. The van der Waals surface area contributed by atoms with E-state index in [1.165, 1.54) is 0 Å². The van der Waals surface area contributed by atoms with Crippen molar-refractivity contribution in [1.29, 1.82) is 0 Å². The molecule has 2 aromatic rings. The van der Waals surface area contributed by atoms with E-state index in [1.54, 1.807) is 23.1 Å². The van der Waals surface area contributed by atoms with Gasteiger partial charge in [0, 0.05) is 12.1 Å². The van der Waals surface area contributed by atoms with Crippen LogP contribution in [-0.2, 0) is 9.59 Å². The Morgan fingerprint density at radius 2 is 1.74 bits per heavy atom. The van der Waals surface area contributed by atoms with Crippen molar-refractivity contribution in [2.45, 2.75) is 53.5 Å². The standard InChI is InChI=1S/C33H44N2O7/c1-6-34(7-2)15-9-16-35-30(23-10-12-25(27(20-23)39-8-3)40-17-14-22(4)5)29(32(37)33(35)38)31(36)24-11-13-26-28(21-24)42-19-18-41-26/h10-13,20-22,30,36H,6-9,14-19H2,1-5H3/b31-29-. The van der Waals surface area contributed by atoms with Crippen molar-refractivity contribution in [2.75, 3.05) is 52.6 Å². The number of aliphatic hydroxyl groups excluding tert-OH is 1. The zero-order valence-electron chi connectivity index (χ0n) is 25.5. The Bertz CT molecular complexity index is 1290. The number of ether oxygens (including phenoxy) is 4. The molecule has 0 saturated carbocycles. The maximum absolute atomic E-state index is 13.6. The molecule has 9 heteroatoms. The SMILES string of the molecule is CCOc1cc(C2/C(=C(/O)c3ccc4c(c3)OCCO4)C(=O)C(=O)N2CCCN(CC)CC)ccc1OCCC(C)C. The van der Waals surface area contributed by atoms with Crippen molar-refractivity contribution in [3.63, 3.8) is 0 Å². The number of nitrogens with zero attached hydrogens (tertiary/aromatic N) is 2. The van der Waals surface area contributed by atoms with Gasteiger partial charge in [-0.3, -0.25) is 9.59 Å². The molecule has 1 atom stereocenters. The molecule has 2 aliphatic rings. The minimum absolute atomic E-state index is 0.0374. The molecule has 228 valence electrons. The molecule has 42 heavy (non-hydrogen) atoms. The third-order valence-corrected chi connectivity index (χ3v) is 7.66. The summed E-state index contributed by atoms with van der Waals surface area (Å²) in [6.45, 7) is 15.1. The summed E-state index contributed by atoms with van der Waals surface area (Å²) in [6, 6.07) is 9.71. The summed E-state index contributed by atoms with van der Waals surface area (Å²) in [7, 11) is 0. The lowest BCUT2D eigenvalue weighted by Crippen LogP contribution is -2.33. The van der Waals surface area contributed by atoms with Crippen molar-refractivity contribution in [2.24, 2.45) is 5.92 Å². The van der Waals surface area contributed by atoms with Crippen molar-refractivity contribution < 1.29 is 33.6 Å². The number of likely N-dealkylation sites (tertiary alicyclic amines) is 1. The Morgan fingerprint density at radius 1 is 1.00 bits per heavy atom. The van der Waals surface area contributed by atoms with Gasteiger partial charge in [-0.1, -0.05) is 33.8 Å². The highest BCUT2D eigenvalue weighted by Gasteiger charge is 2.46. The molecule has 1 fully saturated rings. The zero-order valence-corrected chi connectivity index (χ0v) is 25.5. The lowest BCUT2D eigenvalue weighted by atomic mass is 9.94. The molecule has 2 aliphatic heterocycles. The number of hydrogen-bond acceptors (Lipinski definition) is 8.